The number of nitrogens with zero attached hydrogens (tertiary/aromatic N) is 2. The van der Waals surface area contributed by atoms with Crippen LogP contribution in [0.15, 0.2) is 81.1 Å². The molecule has 0 aliphatic carbocycles. The number of amidine groups is 1. The number of ether oxygens (including phenoxy) is 3. The molecule has 1 fully saturated rings. The van der Waals surface area contributed by atoms with Crippen LogP contribution >= 0.6 is 27.7 Å². The van der Waals surface area contributed by atoms with Crippen LogP contribution in [-0.2, 0) is 16.1 Å². The Hall–Kier alpha value is -3.56. The Labute approximate surface area is 234 Å². The number of amides is 1. The molecule has 0 aromatic heterocycles. The van der Waals surface area contributed by atoms with Crippen molar-refractivity contribution in [3.05, 3.63) is 92.8 Å². The lowest BCUT2D eigenvalue weighted by atomic mass is 10.1. The molecule has 9 heteroatoms. The summed E-state index contributed by atoms with van der Waals surface area (Å²) in [6, 6.07) is 20.4. The van der Waals surface area contributed by atoms with Crippen LogP contribution in [0.25, 0.3) is 6.08 Å². The molecular formula is C29H27BrN2O5S. The minimum Gasteiger partial charge on any atom is -0.490 e. The maximum absolute atomic E-state index is 13.0. The highest BCUT2D eigenvalue weighted by molar-refractivity contribution is 9.10. The summed E-state index contributed by atoms with van der Waals surface area (Å²) in [6.07, 6.45) is 1.81. The van der Waals surface area contributed by atoms with Gasteiger partial charge < -0.3 is 14.2 Å². The van der Waals surface area contributed by atoms with Crippen LogP contribution in [0.3, 0.4) is 0 Å². The van der Waals surface area contributed by atoms with Gasteiger partial charge in [0.2, 0.25) is 0 Å². The monoisotopic (exact) mass is 594 g/mol. The Morgan fingerprint density at radius 1 is 1.03 bits per heavy atom. The first-order valence-corrected chi connectivity index (χ1v) is 13.7. The fourth-order valence-corrected chi connectivity index (χ4v) is 5.16. The second-order valence-corrected chi connectivity index (χ2v) is 10.0. The second kappa shape index (κ2) is 12.8. The topological polar surface area (TPSA) is 77.4 Å². The van der Waals surface area contributed by atoms with E-state index < -0.39 is 0 Å². The van der Waals surface area contributed by atoms with E-state index in [0.717, 1.165) is 15.6 Å². The highest BCUT2D eigenvalue weighted by Crippen LogP contribution is 2.40. The molecule has 7 nitrogen and oxygen atoms in total. The molecule has 1 amide bonds. The van der Waals surface area contributed by atoms with Crippen molar-refractivity contribution >= 4 is 56.5 Å². The quantitative estimate of drug-likeness (QED) is 0.199. The Kier molecular flexibility index (Phi) is 9.25. The van der Waals surface area contributed by atoms with Crippen molar-refractivity contribution in [2.75, 3.05) is 20.3 Å². The van der Waals surface area contributed by atoms with Crippen molar-refractivity contribution in [1.82, 2.24) is 4.90 Å². The van der Waals surface area contributed by atoms with Crippen molar-refractivity contribution < 1.29 is 23.8 Å². The predicted molar refractivity (Wildman–Crippen MR) is 154 cm³/mol. The number of likely N-dealkylation sites (N-methyl/N-ethyl adjacent to an activating group) is 1. The SMILES string of the molecule is CCOC(=O)c1ccc(N=C2S/C(=C\c3cc(Br)c(OCc4ccccc4)c(OCC)c3)C(=O)N2C)cc1. The van der Waals surface area contributed by atoms with E-state index in [1.54, 1.807) is 38.2 Å². The first-order valence-electron chi connectivity index (χ1n) is 12.1. The van der Waals surface area contributed by atoms with Gasteiger partial charge in [-0.1, -0.05) is 30.3 Å². The molecule has 0 atom stereocenters. The molecule has 1 saturated heterocycles. The Morgan fingerprint density at radius 2 is 1.76 bits per heavy atom. The van der Waals surface area contributed by atoms with Crippen molar-refractivity contribution in [3.8, 4) is 11.5 Å². The average molecular weight is 596 g/mol. The predicted octanol–water partition coefficient (Wildman–Crippen LogP) is 6.84. The molecule has 0 radical (unpaired) electrons. The average Bonchev–Trinajstić information content (AvgIpc) is 3.17. The van der Waals surface area contributed by atoms with Crippen LogP contribution in [0, 0.1) is 0 Å². The van der Waals surface area contributed by atoms with Crippen LogP contribution in [-0.4, -0.2) is 42.2 Å². The van der Waals surface area contributed by atoms with E-state index in [1.807, 2.05) is 55.5 Å². The third kappa shape index (κ3) is 6.65. The Bertz CT molecular complexity index is 1370. The lowest BCUT2D eigenvalue weighted by Gasteiger charge is -2.15. The summed E-state index contributed by atoms with van der Waals surface area (Å²) >= 11 is 4.89. The summed E-state index contributed by atoms with van der Waals surface area (Å²) in [6.45, 7) is 4.86. The van der Waals surface area contributed by atoms with Crippen molar-refractivity contribution in [1.29, 1.82) is 0 Å². The normalized spacial score (nSPS) is 15.3. The summed E-state index contributed by atoms with van der Waals surface area (Å²) in [5.74, 6) is 0.654. The maximum Gasteiger partial charge on any atom is 0.338 e. The Balaban J connectivity index is 1.55. The number of carbonyl (C=O) groups is 2. The molecule has 38 heavy (non-hydrogen) atoms. The van der Waals surface area contributed by atoms with Crippen molar-refractivity contribution in [3.63, 3.8) is 0 Å². The zero-order chi connectivity index (χ0) is 27.1. The molecule has 4 rings (SSSR count). The van der Waals surface area contributed by atoms with E-state index in [2.05, 4.69) is 20.9 Å². The van der Waals surface area contributed by atoms with Crippen molar-refractivity contribution in [2.24, 2.45) is 4.99 Å². The molecule has 3 aromatic rings. The number of carbonyl (C=O) groups excluding carboxylic acids is 2. The third-order valence-corrected chi connectivity index (χ3v) is 7.11. The number of halogens is 1. The first kappa shape index (κ1) is 27.5. The summed E-state index contributed by atoms with van der Waals surface area (Å²) in [5, 5.41) is 0.539. The molecule has 1 heterocycles. The van der Waals surface area contributed by atoms with Crippen LogP contribution in [0.1, 0.15) is 35.3 Å². The smallest absolute Gasteiger partial charge is 0.338 e. The number of thioether (sulfide) groups is 1. The van der Waals surface area contributed by atoms with E-state index in [0.29, 0.717) is 52.6 Å². The van der Waals surface area contributed by atoms with Gasteiger partial charge in [0, 0.05) is 7.05 Å². The minimum atomic E-state index is -0.381. The largest absolute Gasteiger partial charge is 0.490 e. The summed E-state index contributed by atoms with van der Waals surface area (Å²) in [5.41, 5.74) is 2.91. The summed E-state index contributed by atoms with van der Waals surface area (Å²) < 4.78 is 17.7. The molecule has 0 N–H and O–H groups in total. The minimum absolute atomic E-state index is 0.157. The van der Waals surface area contributed by atoms with Gasteiger partial charge in [0.15, 0.2) is 16.7 Å². The van der Waals surface area contributed by atoms with Gasteiger partial charge in [0.25, 0.3) is 5.91 Å². The molecule has 0 unspecified atom stereocenters. The molecule has 1 aliphatic rings. The zero-order valence-electron chi connectivity index (χ0n) is 21.3. The zero-order valence-corrected chi connectivity index (χ0v) is 23.7. The van der Waals surface area contributed by atoms with Crippen LogP contribution in [0.4, 0.5) is 5.69 Å². The summed E-state index contributed by atoms with van der Waals surface area (Å²) in [4.78, 5) is 31.5. The van der Waals surface area contributed by atoms with Gasteiger partial charge in [-0.05, 0) is 95.1 Å². The number of esters is 1. The van der Waals surface area contributed by atoms with Crippen LogP contribution in [0.5, 0.6) is 11.5 Å². The number of rotatable bonds is 9. The van der Waals surface area contributed by atoms with Gasteiger partial charge in [-0.15, -0.1) is 0 Å². The third-order valence-electron chi connectivity index (χ3n) is 5.46. The molecule has 196 valence electrons. The van der Waals surface area contributed by atoms with E-state index in [1.165, 1.54) is 16.7 Å². The van der Waals surface area contributed by atoms with Gasteiger partial charge >= 0.3 is 5.97 Å². The van der Waals surface area contributed by atoms with Gasteiger partial charge in [0.1, 0.15) is 6.61 Å². The van der Waals surface area contributed by atoms with E-state index in [4.69, 9.17) is 14.2 Å². The second-order valence-electron chi connectivity index (χ2n) is 8.17. The fraction of sp³-hybridized carbons (Fsp3) is 0.207. The van der Waals surface area contributed by atoms with Gasteiger partial charge in [-0.3, -0.25) is 9.69 Å². The number of aliphatic imine (C=N–C) groups is 1. The number of benzene rings is 3. The first-order chi connectivity index (χ1) is 18.4. The summed E-state index contributed by atoms with van der Waals surface area (Å²) in [7, 11) is 1.68. The fourth-order valence-electron chi connectivity index (χ4n) is 3.60. The van der Waals surface area contributed by atoms with E-state index >= 15 is 0 Å². The van der Waals surface area contributed by atoms with Crippen molar-refractivity contribution in [2.45, 2.75) is 20.5 Å². The van der Waals surface area contributed by atoms with Gasteiger partial charge in [-0.2, -0.15) is 0 Å². The molecule has 0 saturated carbocycles. The Morgan fingerprint density at radius 3 is 2.45 bits per heavy atom. The molecule has 0 spiro atoms. The molecule has 0 bridgehead atoms. The van der Waals surface area contributed by atoms with Crippen LogP contribution in [0.2, 0.25) is 0 Å². The lowest BCUT2D eigenvalue weighted by molar-refractivity contribution is -0.121. The number of hydrogen-bond acceptors (Lipinski definition) is 7. The number of hydrogen-bond donors (Lipinski definition) is 0. The van der Waals surface area contributed by atoms with Crippen LogP contribution < -0.4 is 9.47 Å². The molecule has 3 aromatic carbocycles. The molecule has 1 aliphatic heterocycles. The van der Waals surface area contributed by atoms with Gasteiger partial charge in [0.05, 0.1) is 33.8 Å². The lowest BCUT2D eigenvalue weighted by Crippen LogP contribution is -2.23. The standard InChI is InChI=1S/C29H27BrN2O5S/c1-4-35-24-16-20(15-23(30)26(24)37-18-19-9-7-6-8-10-19)17-25-27(33)32(3)29(38-25)31-22-13-11-21(12-14-22)28(34)36-5-2/h6-17H,4-5,18H2,1-3H3/b25-17-,31-29?. The maximum atomic E-state index is 13.0. The van der Waals surface area contributed by atoms with E-state index in [9.17, 15) is 9.59 Å². The van der Waals surface area contributed by atoms with E-state index in [-0.39, 0.29) is 11.9 Å². The highest BCUT2D eigenvalue weighted by atomic mass is 79.9. The molecular weight excluding hydrogens is 568 g/mol. The highest BCUT2D eigenvalue weighted by Gasteiger charge is 2.30. The van der Waals surface area contributed by atoms with Gasteiger partial charge in [-0.25, -0.2) is 9.79 Å².